The third-order valence-corrected chi connectivity index (χ3v) is 6.33. The van der Waals surface area contributed by atoms with Gasteiger partial charge in [0.2, 0.25) is 5.91 Å². The molecule has 2 aliphatic rings. The molecule has 4 rings (SSSR count). The lowest BCUT2D eigenvalue weighted by Gasteiger charge is -2.39. The van der Waals surface area contributed by atoms with Gasteiger partial charge in [-0.05, 0) is 63.3 Å². The number of hydrogen-bond donors (Lipinski definition) is 0. The summed E-state index contributed by atoms with van der Waals surface area (Å²) < 4.78 is 0. The van der Waals surface area contributed by atoms with Crippen molar-refractivity contribution in [3.8, 4) is 0 Å². The van der Waals surface area contributed by atoms with E-state index < -0.39 is 0 Å². The highest BCUT2D eigenvalue weighted by Gasteiger charge is 2.48. The first-order valence-electron chi connectivity index (χ1n) is 10.6. The van der Waals surface area contributed by atoms with Crippen LogP contribution in [0.1, 0.15) is 42.6 Å². The van der Waals surface area contributed by atoms with Gasteiger partial charge in [0.15, 0.2) is 0 Å². The van der Waals surface area contributed by atoms with Crippen LogP contribution in [0, 0.1) is 12.3 Å². The quantitative estimate of drug-likeness (QED) is 0.767. The van der Waals surface area contributed by atoms with Crippen molar-refractivity contribution in [3.63, 3.8) is 0 Å². The number of hydrogen-bond acceptors (Lipinski definition) is 3. The average molecular weight is 378 g/mol. The molecule has 2 saturated heterocycles. The number of piperidine rings is 1. The number of likely N-dealkylation sites (tertiary alicyclic amines) is 2. The summed E-state index contributed by atoms with van der Waals surface area (Å²) in [5.41, 5.74) is 3.37. The zero-order valence-electron chi connectivity index (χ0n) is 16.9. The van der Waals surface area contributed by atoms with Gasteiger partial charge in [0, 0.05) is 31.9 Å². The maximum Gasteiger partial charge on any atom is 0.230 e. The Bertz CT molecular complexity index is 807. The Balaban J connectivity index is 1.33. The van der Waals surface area contributed by atoms with Crippen molar-refractivity contribution in [2.24, 2.45) is 5.41 Å². The van der Waals surface area contributed by atoms with Crippen molar-refractivity contribution >= 4 is 5.91 Å². The van der Waals surface area contributed by atoms with Gasteiger partial charge in [0.25, 0.3) is 0 Å². The van der Waals surface area contributed by atoms with Gasteiger partial charge >= 0.3 is 0 Å². The van der Waals surface area contributed by atoms with Crippen molar-refractivity contribution in [1.82, 2.24) is 14.8 Å². The SMILES string of the molecule is Cc1cccc(CN2CCC3(CCCN(CCCc4ccccc4)C3=O)C2)n1. The van der Waals surface area contributed by atoms with Gasteiger partial charge in [0.05, 0.1) is 11.1 Å². The summed E-state index contributed by atoms with van der Waals surface area (Å²) in [5, 5.41) is 0. The minimum Gasteiger partial charge on any atom is -0.342 e. The number of benzene rings is 1. The standard InChI is InChI=1S/C24H31N3O/c1-20-8-5-12-22(25-20)18-26-17-14-24(19-26)13-7-16-27(23(24)28)15-6-11-21-9-3-2-4-10-21/h2-5,8-10,12H,6-7,11,13-19H2,1H3. The maximum absolute atomic E-state index is 13.3. The zero-order chi connectivity index (χ0) is 19.4. The van der Waals surface area contributed by atoms with Crippen LogP contribution in [0.15, 0.2) is 48.5 Å². The molecule has 0 radical (unpaired) electrons. The van der Waals surface area contributed by atoms with Gasteiger partial charge in [-0.25, -0.2) is 0 Å². The number of pyridine rings is 1. The largest absolute Gasteiger partial charge is 0.342 e. The van der Waals surface area contributed by atoms with Crippen LogP contribution in [-0.2, 0) is 17.8 Å². The molecule has 4 nitrogen and oxygen atoms in total. The Kier molecular flexibility index (Phi) is 5.77. The van der Waals surface area contributed by atoms with E-state index in [-0.39, 0.29) is 5.41 Å². The Morgan fingerprint density at radius 2 is 1.89 bits per heavy atom. The van der Waals surface area contributed by atoms with E-state index in [2.05, 4.69) is 57.2 Å². The summed E-state index contributed by atoms with van der Waals surface area (Å²) in [4.78, 5) is 22.5. The zero-order valence-corrected chi connectivity index (χ0v) is 16.9. The number of aromatic nitrogens is 1. The van der Waals surface area contributed by atoms with Gasteiger partial charge in [-0.15, -0.1) is 0 Å². The van der Waals surface area contributed by atoms with Gasteiger partial charge in [-0.1, -0.05) is 36.4 Å². The smallest absolute Gasteiger partial charge is 0.230 e. The number of amides is 1. The van der Waals surface area contributed by atoms with E-state index in [4.69, 9.17) is 0 Å². The van der Waals surface area contributed by atoms with E-state index >= 15 is 0 Å². The molecule has 0 bridgehead atoms. The first-order chi connectivity index (χ1) is 13.6. The van der Waals surface area contributed by atoms with Crippen LogP contribution in [0.3, 0.4) is 0 Å². The average Bonchev–Trinajstić information content (AvgIpc) is 3.09. The number of rotatable bonds is 6. The van der Waals surface area contributed by atoms with Crippen molar-refractivity contribution in [1.29, 1.82) is 0 Å². The highest BCUT2D eigenvalue weighted by molar-refractivity contribution is 5.84. The van der Waals surface area contributed by atoms with Crippen LogP contribution >= 0.6 is 0 Å². The van der Waals surface area contributed by atoms with E-state index in [0.717, 1.165) is 76.2 Å². The maximum atomic E-state index is 13.3. The molecule has 148 valence electrons. The second-order valence-electron chi connectivity index (χ2n) is 8.50. The summed E-state index contributed by atoms with van der Waals surface area (Å²) in [6, 6.07) is 16.8. The lowest BCUT2D eigenvalue weighted by molar-refractivity contribution is -0.145. The predicted molar refractivity (Wildman–Crippen MR) is 112 cm³/mol. The summed E-state index contributed by atoms with van der Waals surface area (Å²) in [7, 11) is 0. The minimum atomic E-state index is -0.158. The molecule has 1 amide bonds. The lowest BCUT2D eigenvalue weighted by atomic mass is 9.78. The van der Waals surface area contributed by atoms with Crippen LogP contribution in [-0.4, -0.2) is 46.9 Å². The molecule has 1 aromatic heterocycles. The Morgan fingerprint density at radius 1 is 1.04 bits per heavy atom. The third-order valence-electron chi connectivity index (χ3n) is 6.33. The van der Waals surface area contributed by atoms with Gasteiger partial charge in [0.1, 0.15) is 0 Å². The third kappa shape index (κ3) is 4.27. The molecule has 2 aliphatic heterocycles. The molecule has 1 unspecified atom stereocenters. The van der Waals surface area contributed by atoms with Crippen molar-refractivity contribution in [2.75, 3.05) is 26.2 Å². The lowest BCUT2D eigenvalue weighted by Crippen LogP contribution is -2.50. The summed E-state index contributed by atoms with van der Waals surface area (Å²) in [6.45, 7) is 6.58. The van der Waals surface area contributed by atoms with Crippen molar-refractivity contribution in [3.05, 3.63) is 65.5 Å². The fourth-order valence-electron chi connectivity index (χ4n) is 4.87. The van der Waals surface area contributed by atoms with E-state index in [0.29, 0.717) is 5.91 Å². The van der Waals surface area contributed by atoms with E-state index in [1.165, 1.54) is 5.56 Å². The molecule has 2 aromatic rings. The monoisotopic (exact) mass is 377 g/mol. The molecular weight excluding hydrogens is 346 g/mol. The Morgan fingerprint density at radius 3 is 2.71 bits per heavy atom. The molecule has 28 heavy (non-hydrogen) atoms. The highest BCUT2D eigenvalue weighted by Crippen LogP contribution is 2.40. The minimum absolute atomic E-state index is 0.158. The molecule has 0 saturated carbocycles. The van der Waals surface area contributed by atoms with E-state index in [1.807, 2.05) is 13.0 Å². The van der Waals surface area contributed by atoms with Crippen LogP contribution in [0.5, 0.6) is 0 Å². The topological polar surface area (TPSA) is 36.4 Å². The van der Waals surface area contributed by atoms with Gasteiger partial charge in [-0.3, -0.25) is 14.7 Å². The Labute approximate surface area is 168 Å². The number of nitrogens with zero attached hydrogens (tertiary/aromatic N) is 3. The van der Waals surface area contributed by atoms with E-state index in [9.17, 15) is 4.79 Å². The predicted octanol–water partition coefficient (Wildman–Crippen LogP) is 3.84. The molecule has 1 atom stereocenters. The fraction of sp³-hybridized carbons (Fsp3) is 0.500. The number of aryl methyl sites for hydroxylation is 2. The number of carbonyl (C=O) groups excluding carboxylic acids is 1. The molecule has 0 N–H and O–H groups in total. The Hall–Kier alpha value is -2.20. The molecule has 1 aromatic carbocycles. The normalized spacial score (nSPS) is 22.9. The van der Waals surface area contributed by atoms with Crippen LogP contribution in [0.4, 0.5) is 0 Å². The second-order valence-corrected chi connectivity index (χ2v) is 8.50. The first kappa shape index (κ1) is 19.1. The highest BCUT2D eigenvalue weighted by atomic mass is 16.2. The molecule has 3 heterocycles. The molecule has 4 heteroatoms. The van der Waals surface area contributed by atoms with Gasteiger partial charge in [-0.2, -0.15) is 0 Å². The van der Waals surface area contributed by atoms with Crippen molar-refractivity contribution in [2.45, 2.75) is 45.6 Å². The summed E-state index contributed by atoms with van der Waals surface area (Å²) >= 11 is 0. The molecule has 0 aliphatic carbocycles. The first-order valence-corrected chi connectivity index (χ1v) is 10.6. The second kappa shape index (κ2) is 8.44. The number of carbonyl (C=O) groups is 1. The van der Waals surface area contributed by atoms with E-state index in [1.54, 1.807) is 0 Å². The molecule has 2 fully saturated rings. The summed E-state index contributed by atoms with van der Waals surface area (Å²) in [6.07, 6.45) is 5.25. The van der Waals surface area contributed by atoms with Crippen LogP contribution < -0.4 is 0 Å². The molecule has 1 spiro atoms. The summed E-state index contributed by atoms with van der Waals surface area (Å²) in [5.74, 6) is 0.395. The van der Waals surface area contributed by atoms with Crippen LogP contribution in [0.2, 0.25) is 0 Å². The fourth-order valence-corrected chi connectivity index (χ4v) is 4.87. The van der Waals surface area contributed by atoms with Crippen molar-refractivity contribution < 1.29 is 4.79 Å². The van der Waals surface area contributed by atoms with Gasteiger partial charge < -0.3 is 4.90 Å². The van der Waals surface area contributed by atoms with Crippen LogP contribution in [0.25, 0.3) is 0 Å². The molecular formula is C24H31N3O.